The first-order valence-electron chi connectivity index (χ1n) is 5.42. The number of aromatic nitrogens is 1. The summed E-state index contributed by atoms with van der Waals surface area (Å²) in [4.78, 5) is 6.75. The Kier molecular flexibility index (Phi) is 3.06. The average molecular weight is 215 g/mol. The lowest BCUT2D eigenvalue weighted by Gasteiger charge is -2.14. The van der Waals surface area contributed by atoms with Gasteiger partial charge in [-0.2, -0.15) is 0 Å². The lowest BCUT2D eigenvalue weighted by molar-refractivity contribution is 0.403. The lowest BCUT2D eigenvalue weighted by Crippen LogP contribution is -2.13. The van der Waals surface area contributed by atoms with Crippen molar-refractivity contribution in [3.63, 3.8) is 0 Å². The van der Waals surface area contributed by atoms with Gasteiger partial charge in [-0.1, -0.05) is 18.2 Å². The van der Waals surface area contributed by atoms with Crippen molar-refractivity contribution in [3.8, 4) is 0 Å². The van der Waals surface area contributed by atoms with Crippen LogP contribution >= 0.6 is 0 Å². The molecule has 0 atom stereocenters. The molecule has 1 N–H and O–H groups in total. The van der Waals surface area contributed by atoms with Gasteiger partial charge in [0.25, 0.3) is 0 Å². The third kappa shape index (κ3) is 2.14. The molecule has 0 fully saturated rings. The maximum absolute atomic E-state index is 4.61. The van der Waals surface area contributed by atoms with Gasteiger partial charge in [-0.3, -0.25) is 0 Å². The maximum Gasteiger partial charge on any atom is 0.130 e. The van der Waals surface area contributed by atoms with Crippen LogP contribution in [0.5, 0.6) is 0 Å². The number of hydrogen-bond acceptors (Lipinski definition) is 3. The third-order valence-corrected chi connectivity index (χ3v) is 2.53. The van der Waals surface area contributed by atoms with Gasteiger partial charge in [-0.15, -0.1) is 0 Å². The number of benzene rings is 1. The van der Waals surface area contributed by atoms with E-state index in [0.717, 1.165) is 17.9 Å². The van der Waals surface area contributed by atoms with E-state index in [0.29, 0.717) is 0 Å². The first-order valence-corrected chi connectivity index (χ1v) is 5.42. The van der Waals surface area contributed by atoms with Crippen LogP contribution in [0.3, 0.4) is 0 Å². The van der Waals surface area contributed by atoms with Gasteiger partial charge in [0.2, 0.25) is 0 Å². The van der Waals surface area contributed by atoms with E-state index in [1.807, 2.05) is 25.2 Å². The maximum atomic E-state index is 4.61. The van der Waals surface area contributed by atoms with Crippen molar-refractivity contribution < 1.29 is 0 Å². The second-order valence-electron chi connectivity index (χ2n) is 4.18. The van der Waals surface area contributed by atoms with Crippen molar-refractivity contribution in [1.82, 2.24) is 9.88 Å². The van der Waals surface area contributed by atoms with E-state index in [1.165, 1.54) is 10.9 Å². The van der Waals surface area contributed by atoms with E-state index < -0.39 is 0 Å². The Balaban J connectivity index is 2.53. The number of pyridine rings is 1. The van der Waals surface area contributed by atoms with Crippen LogP contribution in [0, 0.1) is 0 Å². The van der Waals surface area contributed by atoms with Crippen LogP contribution in [0.1, 0.15) is 5.56 Å². The van der Waals surface area contributed by atoms with E-state index in [9.17, 15) is 0 Å². The zero-order chi connectivity index (χ0) is 11.5. The summed E-state index contributed by atoms with van der Waals surface area (Å²) in [6, 6.07) is 10.4. The van der Waals surface area contributed by atoms with Crippen molar-refractivity contribution in [3.05, 3.63) is 35.9 Å². The molecule has 0 aliphatic carbocycles. The second kappa shape index (κ2) is 4.49. The quantitative estimate of drug-likeness (QED) is 0.851. The minimum Gasteiger partial charge on any atom is -0.373 e. The molecule has 0 saturated carbocycles. The molecule has 3 nitrogen and oxygen atoms in total. The fraction of sp³-hybridized carbons (Fsp3) is 0.308. The van der Waals surface area contributed by atoms with Crippen molar-refractivity contribution in [2.75, 3.05) is 26.5 Å². The largest absolute Gasteiger partial charge is 0.373 e. The van der Waals surface area contributed by atoms with Crippen LogP contribution in [-0.2, 0) is 6.54 Å². The van der Waals surface area contributed by atoms with Gasteiger partial charge in [-0.05, 0) is 26.2 Å². The van der Waals surface area contributed by atoms with Crippen LogP contribution in [0.15, 0.2) is 30.3 Å². The molecule has 0 aliphatic rings. The predicted octanol–water partition coefficient (Wildman–Crippen LogP) is 2.34. The lowest BCUT2D eigenvalue weighted by atomic mass is 10.1. The van der Waals surface area contributed by atoms with E-state index >= 15 is 0 Å². The molecular weight excluding hydrogens is 198 g/mol. The Morgan fingerprint density at radius 3 is 2.69 bits per heavy atom. The Labute approximate surface area is 96.1 Å². The van der Waals surface area contributed by atoms with E-state index in [2.05, 4.69) is 41.4 Å². The molecule has 0 bridgehead atoms. The number of para-hydroxylation sites is 1. The molecule has 16 heavy (non-hydrogen) atoms. The summed E-state index contributed by atoms with van der Waals surface area (Å²) < 4.78 is 0. The highest BCUT2D eigenvalue weighted by Gasteiger charge is 2.05. The summed E-state index contributed by atoms with van der Waals surface area (Å²) >= 11 is 0. The Morgan fingerprint density at radius 2 is 2.00 bits per heavy atom. The molecular formula is C13H17N3. The molecule has 1 aromatic carbocycles. The van der Waals surface area contributed by atoms with Gasteiger partial charge in [0.05, 0.1) is 5.52 Å². The van der Waals surface area contributed by atoms with Gasteiger partial charge in [0.15, 0.2) is 0 Å². The molecule has 0 radical (unpaired) electrons. The zero-order valence-corrected chi connectivity index (χ0v) is 9.99. The monoisotopic (exact) mass is 215 g/mol. The minimum atomic E-state index is 0.897. The van der Waals surface area contributed by atoms with Crippen molar-refractivity contribution in [2.24, 2.45) is 0 Å². The molecule has 2 aromatic rings. The van der Waals surface area contributed by atoms with E-state index in [1.54, 1.807) is 0 Å². The van der Waals surface area contributed by atoms with Crippen LogP contribution in [0.4, 0.5) is 5.82 Å². The number of fused-ring (bicyclic) bond motifs is 1. The molecule has 1 heterocycles. The van der Waals surface area contributed by atoms with Gasteiger partial charge in [0, 0.05) is 24.5 Å². The zero-order valence-electron chi connectivity index (χ0n) is 9.99. The molecule has 0 unspecified atom stereocenters. The molecule has 0 amide bonds. The van der Waals surface area contributed by atoms with Crippen LogP contribution in [0.25, 0.3) is 10.9 Å². The topological polar surface area (TPSA) is 28.2 Å². The highest BCUT2D eigenvalue weighted by molar-refractivity contribution is 5.81. The Bertz CT molecular complexity index is 492. The van der Waals surface area contributed by atoms with Crippen LogP contribution in [0.2, 0.25) is 0 Å². The number of rotatable bonds is 3. The first kappa shape index (κ1) is 10.9. The summed E-state index contributed by atoms with van der Waals surface area (Å²) in [7, 11) is 6.04. The van der Waals surface area contributed by atoms with E-state index in [4.69, 9.17) is 0 Å². The van der Waals surface area contributed by atoms with Gasteiger partial charge in [-0.25, -0.2) is 4.98 Å². The molecule has 0 spiro atoms. The minimum absolute atomic E-state index is 0.897. The normalized spacial score (nSPS) is 11.0. The molecule has 3 heteroatoms. The highest BCUT2D eigenvalue weighted by atomic mass is 15.1. The molecule has 2 rings (SSSR count). The van der Waals surface area contributed by atoms with E-state index in [-0.39, 0.29) is 0 Å². The SMILES string of the molecule is CNc1nc2ccccc2cc1CN(C)C. The standard InChI is InChI=1S/C13H17N3/c1-14-13-11(9-16(2)3)8-10-6-4-5-7-12(10)15-13/h4-8H,9H2,1-3H3,(H,14,15). The third-order valence-electron chi connectivity index (χ3n) is 2.53. The van der Waals surface area contributed by atoms with Crippen molar-refractivity contribution >= 4 is 16.7 Å². The number of nitrogens with one attached hydrogen (secondary N) is 1. The fourth-order valence-electron chi connectivity index (χ4n) is 1.84. The van der Waals surface area contributed by atoms with Gasteiger partial charge < -0.3 is 10.2 Å². The van der Waals surface area contributed by atoms with Gasteiger partial charge in [0.1, 0.15) is 5.82 Å². The smallest absolute Gasteiger partial charge is 0.130 e. The van der Waals surface area contributed by atoms with Crippen molar-refractivity contribution in [2.45, 2.75) is 6.54 Å². The fourth-order valence-corrected chi connectivity index (χ4v) is 1.84. The van der Waals surface area contributed by atoms with Crippen molar-refractivity contribution in [1.29, 1.82) is 0 Å². The molecule has 84 valence electrons. The summed E-state index contributed by atoms with van der Waals surface area (Å²) in [5, 5.41) is 4.35. The Hall–Kier alpha value is -1.61. The van der Waals surface area contributed by atoms with Crippen LogP contribution in [-0.4, -0.2) is 31.0 Å². The van der Waals surface area contributed by atoms with Crippen LogP contribution < -0.4 is 5.32 Å². The Morgan fingerprint density at radius 1 is 1.25 bits per heavy atom. The van der Waals surface area contributed by atoms with Gasteiger partial charge >= 0.3 is 0 Å². The summed E-state index contributed by atoms with van der Waals surface area (Å²) in [5.74, 6) is 0.965. The number of hydrogen-bond donors (Lipinski definition) is 1. The summed E-state index contributed by atoms with van der Waals surface area (Å²) in [5.41, 5.74) is 2.26. The average Bonchev–Trinajstić information content (AvgIpc) is 2.27. The molecule has 1 aromatic heterocycles. The predicted molar refractivity (Wildman–Crippen MR) is 68.7 cm³/mol. The number of nitrogens with zero attached hydrogens (tertiary/aromatic N) is 2. The highest BCUT2D eigenvalue weighted by Crippen LogP contribution is 2.20. The molecule has 0 saturated heterocycles. The first-order chi connectivity index (χ1) is 7.70. The summed E-state index contributed by atoms with van der Waals surface area (Å²) in [6.07, 6.45) is 0. The summed E-state index contributed by atoms with van der Waals surface area (Å²) in [6.45, 7) is 0.897. The molecule has 0 aliphatic heterocycles. The second-order valence-corrected chi connectivity index (χ2v) is 4.18. The number of anilines is 1.